The van der Waals surface area contributed by atoms with Gasteiger partial charge in [-0.1, -0.05) is 35.9 Å². The molecule has 122 valence electrons. The molecule has 0 atom stereocenters. The summed E-state index contributed by atoms with van der Waals surface area (Å²) in [7, 11) is 0. The molecule has 0 unspecified atom stereocenters. The number of thioether (sulfide) groups is 1. The average molecular weight is 355 g/mol. The van der Waals surface area contributed by atoms with Crippen molar-refractivity contribution in [2.75, 3.05) is 5.32 Å². The van der Waals surface area contributed by atoms with E-state index in [-0.39, 0.29) is 11.8 Å². The Hall–Kier alpha value is -1.54. The van der Waals surface area contributed by atoms with Gasteiger partial charge in [0.1, 0.15) is 11.6 Å². The lowest BCUT2D eigenvalue weighted by Crippen LogP contribution is -2.20. The van der Waals surface area contributed by atoms with E-state index in [0.29, 0.717) is 20.8 Å². The zero-order valence-corrected chi connectivity index (χ0v) is 13.9. The van der Waals surface area contributed by atoms with Gasteiger partial charge in [-0.3, -0.25) is 4.79 Å². The van der Waals surface area contributed by atoms with Crippen molar-refractivity contribution in [2.24, 2.45) is 5.92 Å². The van der Waals surface area contributed by atoms with E-state index in [9.17, 15) is 13.6 Å². The second-order valence-electron chi connectivity index (χ2n) is 5.41. The molecule has 1 aromatic carbocycles. The van der Waals surface area contributed by atoms with Gasteiger partial charge >= 0.3 is 0 Å². The molecule has 8 heteroatoms. The molecule has 1 aromatic heterocycles. The standard InChI is InChI=1S/C15H15F2N3OS2/c16-11-5-9(6-12(17)7-11)8-22-15-20-19-14(23-15)18-13(21)10-3-1-2-4-10/h5-7,10H,1-4,8H2,(H,18,19,21). The summed E-state index contributed by atoms with van der Waals surface area (Å²) in [5.41, 5.74) is 0.541. The van der Waals surface area contributed by atoms with Gasteiger partial charge in [-0.25, -0.2) is 8.78 Å². The topological polar surface area (TPSA) is 54.9 Å². The maximum Gasteiger partial charge on any atom is 0.229 e. The molecule has 1 N–H and O–H groups in total. The van der Waals surface area contributed by atoms with Gasteiger partial charge in [0.25, 0.3) is 0 Å². The highest BCUT2D eigenvalue weighted by atomic mass is 32.2. The number of anilines is 1. The van der Waals surface area contributed by atoms with Crippen molar-refractivity contribution in [3.05, 3.63) is 35.4 Å². The number of nitrogens with zero attached hydrogens (tertiary/aromatic N) is 2. The molecule has 0 aliphatic heterocycles. The summed E-state index contributed by atoms with van der Waals surface area (Å²) >= 11 is 2.60. The minimum absolute atomic E-state index is 0.00222. The van der Waals surface area contributed by atoms with Crippen LogP contribution in [0, 0.1) is 17.6 Å². The molecule has 1 aliphatic carbocycles. The number of rotatable bonds is 5. The van der Waals surface area contributed by atoms with Crippen molar-refractivity contribution in [2.45, 2.75) is 35.8 Å². The smallest absolute Gasteiger partial charge is 0.229 e. The van der Waals surface area contributed by atoms with Gasteiger partial charge in [-0.15, -0.1) is 10.2 Å². The van der Waals surface area contributed by atoms with Gasteiger partial charge in [-0.05, 0) is 30.5 Å². The highest BCUT2D eigenvalue weighted by Crippen LogP contribution is 2.30. The number of carbonyl (C=O) groups is 1. The van der Waals surface area contributed by atoms with Gasteiger partial charge in [0.15, 0.2) is 4.34 Å². The molecule has 0 saturated heterocycles. The minimum atomic E-state index is -0.595. The number of hydrogen-bond acceptors (Lipinski definition) is 5. The zero-order valence-electron chi connectivity index (χ0n) is 12.2. The lowest BCUT2D eigenvalue weighted by atomic mass is 10.1. The number of amides is 1. The highest BCUT2D eigenvalue weighted by Gasteiger charge is 2.23. The quantitative estimate of drug-likeness (QED) is 0.644. The summed E-state index contributed by atoms with van der Waals surface area (Å²) in [6.07, 6.45) is 4.05. The van der Waals surface area contributed by atoms with Crippen LogP contribution in [0.1, 0.15) is 31.2 Å². The first-order valence-corrected chi connectivity index (χ1v) is 9.12. The van der Waals surface area contributed by atoms with Crippen molar-refractivity contribution in [3.8, 4) is 0 Å². The summed E-state index contributed by atoms with van der Waals surface area (Å²) in [6, 6.07) is 3.43. The van der Waals surface area contributed by atoms with Gasteiger partial charge in [-0.2, -0.15) is 0 Å². The van der Waals surface area contributed by atoms with E-state index in [1.165, 1.54) is 35.2 Å². The van der Waals surface area contributed by atoms with Gasteiger partial charge in [0.05, 0.1) is 0 Å². The first kappa shape index (κ1) is 16.3. The second kappa shape index (κ2) is 7.35. The van der Waals surface area contributed by atoms with Crippen LogP contribution in [0.25, 0.3) is 0 Å². The third-order valence-electron chi connectivity index (χ3n) is 3.65. The lowest BCUT2D eigenvalue weighted by molar-refractivity contribution is -0.119. The first-order valence-electron chi connectivity index (χ1n) is 7.32. The maximum atomic E-state index is 13.1. The molecule has 1 fully saturated rings. The van der Waals surface area contributed by atoms with E-state index >= 15 is 0 Å². The number of nitrogens with one attached hydrogen (secondary N) is 1. The van der Waals surface area contributed by atoms with Crippen LogP contribution in [0.15, 0.2) is 22.5 Å². The SMILES string of the molecule is O=C(Nc1nnc(SCc2cc(F)cc(F)c2)s1)C1CCCC1. The van der Waals surface area contributed by atoms with Crippen LogP contribution in [0.2, 0.25) is 0 Å². The monoisotopic (exact) mass is 355 g/mol. The first-order chi connectivity index (χ1) is 11.1. The van der Waals surface area contributed by atoms with Crippen molar-refractivity contribution in [3.63, 3.8) is 0 Å². The van der Waals surface area contributed by atoms with E-state index in [1.807, 2.05) is 0 Å². The van der Waals surface area contributed by atoms with Gasteiger partial charge in [0, 0.05) is 17.7 Å². The van der Waals surface area contributed by atoms with Crippen LogP contribution in [0.4, 0.5) is 13.9 Å². The molecule has 1 heterocycles. The van der Waals surface area contributed by atoms with Crippen molar-refractivity contribution in [1.29, 1.82) is 0 Å². The molecular weight excluding hydrogens is 340 g/mol. The number of carbonyl (C=O) groups excluding carboxylic acids is 1. The third-order valence-corrected chi connectivity index (χ3v) is 5.69. The summed E-state index contributed by atoms with van der Waals surface area (Å²) in [4.78, 5) is 12.0. The molecule has 0 spiro atoms. The average Bonchev–Trinajstić information content (AvgIpc) is 3.15. The minimum Gasteiger partial charge on any atom is -0.300 e. The van der Waals surface area contributed by atoms with E-state index in [2.05, 4.69) is 15.5 Å². The summed E-state index contributed by atoms with van der Waals surface area (Å²) < 4.78 is 26.9. The molecule has 3 rings (SSSR count). The fourth-order valence-corrected chi connectivity index (χ4v) is 4.24. The maximum absolute atomic E-state index is 13.1. The molecule has 1 saturated carbocycles. The Morgan fingerprint density at radius 1 is 1.22 bits per heavy atom. The molecule has 23 heavy (non-hydrogen) atoms. The highest BCUT2D eigenvalue weighted by molar-refractivity contribution is 8.00. The van der Waals surface area contributed by atoms with Crippen LogP contribution < -0.4 is 5.32 Å². The Bertz CT molecular complexity index is 682. The number of benzene rings is 1. The molecule has 0 radical (unpaired) electrons. The predicted octanol–water partition coefficient (Wildman–Crippen LogP) is 4.24. The fraction of sp³-hybridized carbons (Fsp3) is 0.400. The molecule has 0 bridgehead atoms. The van der Waals surface area contributed by atoms with Crippen LogP contribution in [0.3, 0.4) is 0 Å². The van der Waals surface area contributed by atoms with E-state index in [1.54, 1.807) is 0 Å². The Balaban J connectivity index is 1.55. The summed E-state index contributed by atoms with van der Waals surface area (Å²) in [6.45, 7) is 0. The molecule has 4 nitrogen and oxygen atoms in total. The predicted molar refractivity (Wildman–Crippen MR) is 86.4 cm³/mol. The Morgan fingerprint density at radius 3 is 2.61 bits per heavy atom. The third kappa shape index (κ3) is 4.48. The van der Waals surface area contributed by atoms with E-state index in [0.717, 1.165) is 31.7 Å². The number of halogens is 2. The zero-order chi connectivity index (χ0) is 16.2. The number of aromatic nitrogens is 2. The molecule has 1 aliphatic rings. The van der Waals surface area contributed by atoms with Crippen LogP contribution in [-0.4, -0.2) is 16.1 Å². The normalized spacial score (nSPS) is 15.0. The lowest BCUT2D eigenvalue weighted by Gasteiger charge is -2.06. The summed E-state index contributed by atoms with van der Waals surface area (Å²) in [5.74, 6) is -0.725. The van der Waals surface area contributed by atoms with E-state index < -0.39 is 11.6 Å². The molecule has 1 amide bonds. The van der Waals surface area contributed by atoms with Crippen LogP contribution in [-0.2, 0) is 10.5 Å². The Labute approximate surface area is 140 Å². The largest absolute Gasteiger partial charge is 0.300 e. The van der Waals surface area contributed by atoms with Crippen molar-refractivity contribution < 1.29 is 13.6 Å². The van der Waals surface area contributed by atoms with Crippen LogP contribution in [0.5, 0.6) is 0 Å². The number of hydrogen-bond donors (Lipinski definition) is 1. The molecule has 2 aromatic rings. The Morgan fingerprint density at radius 2 is 1.91 bits per heavy atom. The van der Waals surface area contributed by atoms with Gasteiger partial charge in [0.2, 0.25) is 11.0 Å². The van der Waals surface area contributed by atoms with Crippen molar-refractivity contribution >= 4 is 34.1 Å². The second-order valence-corrected chi connectivity index (χ2v) is 7.61. The van der Waals surface area contributed by atoms with E-state index in [4.69, 9.17) is 0 Å². The molecular formula is C15H15F2N3OS2. The van der Waals surface area contributed by atoms with Gasteiger partial charge < -0.3 is 5.32 Å². The summed E-state index contributed by atoms with van der Waals surface area (Å²) in [5, 5.41) is 11.2. The fourth-order valence-electron chi connectivity index (χ4n) is 2.55. The van der Waals surface area contributed by atoms with Crippen molar-refractivity contribution in [1.82, 2.24) is 10.2 Å². The van der Waals surface area contributed by atoms with Crippen LogP contribution >= 0.6 is 23.1 Å². The Kier molecular flexibility index (Phi) is 5.22.